The molecule has 0 spiro atoms. The maximum absolute atomic E-state index is 11.3. The molecule has 0 bridgehead atoms. The summed E-state index contributed by atoms with van der Waals surface area (Å²) in [5.74, 6) is -0.291. The predicted octanol–water partition coefficient (Wildman–Crippen LogP) is 3.03. The minimum atomic E-state index is -0.282. The van der Waals surface area contributed by atoms with E-state index in [-0.39, 0.29) is 18.0 Å². The summed E-state index contributed by atoms with van der Waals surface area (Å²) in [6.45, 7) is 5.67. The van der Waals surface area contributed by atoms with Crippen LogP contribution in [-0.4, -0.2) is 12.1 Å². The molecule has 0 aromatic heterocycles. The van der Waals surface area contributed by atoms with Crippen LogP contribution >= 0.6 is 15.9 Å². The molecule has 2 rings (SSSR count). The van der Waals surface area contributed by atoms with Gasteiger partial charge in [-0.3, -0.25) is 0 Å². The monoisotopic (exact) mass is 266 g/mol. The van der Waals surface area contributed by atoms with Crippen LogP contribution in [0.3, 0.4) is 0 Å². The van der Waals surface area contributed by atoms with Gasteiger partial charge in [0.2, 0.25) is 0 Å². The van der Waals surface area contributed by atoms with Crippen LogP contribution in [0.15, 0.2) is 40.9 Å². The lowest BCUT2D eigenvalue weighted by Crippen LogP contribution is -2.09. The lowest BCUT2D eigenvalue weighted by atomic mass is 9.90. The SMILES string of the molecule is C=C1C(=O)O[C@@H](C)[C@@H]1c1ccc(Br)cc1. The van der Waals surface area contributed by atoms with Crippen LogP contribution in [0.5, 0.6) is 0 Å². The van der Waals surface area contributed by atoms with E-state index in [1.807, 2.05) is 31.2 Å². The highest BCUT2D eigenvalue weighted by atomic mass is 79.9. The molecule has 1 heterocycles. The Morgan fingerprint density at radius 2 is 1.93 bits per heavy atom. The summed E-state index contributed by atoms with van der Waals surface area (Å²) in [6, 6.07) is 7.88. The molecule has 1 aromatic rings. The van der Waals surface area contributed by atoms with Gasteiger partial charge in [0.05, 0.1) is 5.92 Å². The highest BCUT2D eigenvalue weighted by Gasteiger charge is 2.36. The minimum Gasteiger partial charge on any atom is -0.458 e. The first kappa shape index (κ1) is 10.4. The zero-order valence-corrected chi connectivity index (χ0v) is 9.95. The molecule has 1 fully saturated rings. The van der Waals surface area contributed by atoms with Crippen molar-refractivity contribution in [1.82, 2.24) is 0 Å². The summed E-state index contributed by atoms with van der Waals surface area (Å²) >= 11 is 3.38. The zero-order valence-electron chi connectivity index (χ0n) is 8.37. The average Bonchev–Trinajstić information content (AvgIpc) is 2.44. The van der Waals surface area contributed by atoms with E-state index in [0.717, 1.165) is 10.0 Å². The molecule has 0 aliphatic carbocycles. The van der Waals surface area contributed by atoms with Crippen LogP contribution in [0.2, 0.25) is 0 Å². The normalized spacial score (nSPS) is 25.5. The van der Waals surface area contributed by atoms with Gasteiger partial charge < -0.3 is 4.74 Å². The Balaban J connectivity index is 2.35. The first-order valence-corrected chi connectivity index (χ1v) is 5.54. The van der Waals surface area contributed by atoms with Crippen molar-refractivity contribution in [3.63, 3.8) is 0 Å². The number of halogens is 1. The van der Waals surface area contributed by atoms with Crippen LogP contribution in [-0.2, 0) is 9.53 Å². The second-order valence-electron chi connectivity index (χ2n) is 3.66. The van der Waals surface area contributed by atoms with Crippen LogP contribution < -0.4 is 0 Å². The first-order valence-electron chi connectivity index (χ1n) is 4.75. The topological polar surface area (TPSA) is 26.3 Å². The largest absolute Gasteiger partial charge is 0.458 e. The Bertz CT molecular complexity index is 408. The Kier molecular flexibility index (Phi) is 2.65. The maximum Gasteiger partial charge on any atom is 0.334 e. The number of hydrogen-bond donors (Lipinski definition) is 0. The fourth-order valence-corrected chi connectivity index (χ4v) is 2.13. The average molecular weight is 267 g/mol. The molecule has 1 aliphatic rings. The standard InChI is InChI=1S/C12H11BrO2/c1-7-11(8(2)15-12(7)14)9-3-5-10(13)6-4-9/h3-6,8,11H,1H2,2H3/t8-,11+/m0/s1. The molecule has 78 valence electrons. The number of rotatable bonds is 1. The summed E-state index contributed by atoms with van der Waals surface area (Å²) in [7, 11) is 0. The van der Waals surface area contributed by atoms with E-state index >= 15 is 0 Å². The van der Waals surface area contributed by atoms with Gasteiger partial charge in [-0.2, -0.15) is 0 Å². The summed E-state index contributed by atoms with van der Waals surface area (Å²) in [5.41, 5.74) is 1.62. The number of carbonyl (C=O) groups excluding carboxylic acids is 1. The summed E-state index contributed by atoms with van der Waals surface area (Å²) < 4.78 is 6.14. The Morgan fingerprint density at radius 3 is 2.40 bits per heavy atom. The second kappa shape index (κ2) is 3.81. The fraction of sp³-hybridized carbons (Fsp3) is 0.250. The van der Waals surface area contributed by atoms with E-state index in [9.17, 15) is 4.79 Å². The van der Waals surface area contributed by atoms with Crippen LogP contribution in [0, 0.1) is 0 Å². The van der Waals surface area contributed by atoms with E-state index in [4.69, 9.17) is 4.74 Å². The van der Waals surface area contributed by atoms with Gasteiger partial charge in [-0.25, -0.2) is 4.79 Å². The molecule has 2 atom stereocenters. The molecule has 3 heteroatoms. The van der Waals surface area contributed by atoms with Crippen LogP contribution in [0.4, 0.5) is 0 Å². The van der Waals surface area contributed by atoms with Crippen molar-refractivity contribution in [2.45, 2.75) is 18.9 Å². The maximum atomic E-state index is 11.3. The van der Waals surface area contributed by atoms with Crippen molar-refractivity contribution in [1.29, 1.82) is 0 Å². The number of carbonyl (C=O) groups is 1. The van der Waals surface area contributed by atoms with Gasteiger partial charge in [0.1, 0.15) is 6.10 Å². The Morgan fingerprint density at radius 1 is 1.33 bits per heavy atom. The molecule has 1 aromatic carbocycles. The third kappa shape index (κ3) is 1.84. The van der Waals surface area contributed by atoms with Crippen LogP contribution in [0.1, 0.15) is 18.4 Å². The molecular weight excluding hydrogens is 256 g/mol. The van der Waals surface area contributed by atoms with Gasteiger partial charge in [-0.05, 0) is 24.6 Å². The highest BCUT2D eigenvalue weighted by Crippen LogP contribution is 2.35. The fourth-order valence-electron chi connectivity index (χ4n) is 1.87. The summed E-state index contributed by atoms with van der Waals surface area (Å²) in [6.07, 6.45) is -0.119. The Labute approximate surface area is 97.1 Å². The number of cyclic esters (lactones) is 1. The van der Waals surface area contributed by atoms with Crippen molar-refractivity contribution < 1.29 is 9.53 Å². The molecule has 0 saturated carbocycles. The van der Waals surface area contributed by atoms with E-state index < -0.39 is 0 Å². The first-order chi connectivity index (χ1) is 7.09. The predicted molar refractivity (Wildman–Crippen MR) is 61.6 cm³/mol. The van der Waals surface area contributed by atoms with Gasteiger partial charge in [-0.1, -0.05) is 34.6 Å². The van der Waals surface area contributed by atoms with Crippen molar-refractivity contribution in [3.05, 3.63) is 46.5 Å². The van der Waals surface area contributed by atoms with Crippen molar-refractivity contribution in [3.8, 4) is 0 Å². The van der Waals surface area contributed by atoms with Gasteiger partial charge in [0, 0.05) is 10.0 Å². The van der Waals surface area contributed by atoms with E-state index in [2.05, 4.69) is 22.5 Å². The van der Waals surface area contributed by atoms with Gasteiger partial charge in [-0.15, -0.1) is 0 Å². The quantitative estimate of drug-likeness (QED) is 0.577. The van der Waals surface area contributed by atoms with E-state index in [0.29, 0.717) is 5.57 Å². The molecule has 0 amide bonds. The lowest BCUT2D eigenvalue weighted by molar-refractivity contribution is -0.138. The molecule has 1 saturated heterocycles. The molecule has 0 radical (unpaired) electrons. The molecular formula is C12H11BrO2. The second-order valence-corrected chi connectivity index (χ2v) is 4.58. The lowest BCUT2D eigenvalue weighted by Gasteiger charge is -2.13. The van der Waals surface area contributed by atoms with Crippen molar-refractivity contribution in [2.75, 3.05) is 0 Å². The number of ether oxygens (including phenoxy) is 1. The van der Waals surface area contributed by atoms with E-state index in [1.54, 1.807) is 0 Å². The highest BCUT2D eigenvalue weighted by molar-refractivity contribution is 9.10. The number of hydrogen-bond acceptors (Lipinski definition) is 2. The smallest absolute Gasteiger partial charge is 0.334 e. The third-order valence-electron chi connectivity index (χ3n) is 2.63. The molecule has 0 unspecified atom stereocenters. The molecule has 1 aliphatic heterocycles. The van der Waals surface area contributed by atoms with Crippen LogP contribution in [0.25, 0.3) is 0 Å². The molecule has 2 nitrogen and oxygen atoms in total. The molecule has 0 N–H and O–H groups in total. The number of benzene rings is 1. The minimum absolute atomic E-state index is 0.00870. The Hall–Kier alpha value is -1.09. The summed E-state index contributed by atoms with van der Waals surface area (Å²) in [5, 5.41) is 0. The molecule has 15 heavy (non-hydrogen) atoms. The zero-order chi connectivity index (χ0) is 11.0. The number of esters is 1. The van der Waals surface area contributed by atoms with E-state index in [1.165, 1.54) is 0 Å². The van der Waals surface area contributed by atoms with Crippen molar-refractivity contribution in [2.24, 2.45) is 0 Å². The third-order valence-corrected chi connectivity index (χ3v) is 3.16. The summed E-state index contributed by atoms with van der Waals surface area (Å²) in [4.78, 5) is 11.3. The van der Waals surface area contributed by atoms with Gasteiger partial charge in [0.25, 0.3) is 0 Å². The van der Waals surface area contributed by atoms with Gasteiger partial charge >= 0.3 is 5.97 Å². The van der Waals surface area contributed by atoms with Crippen molar-refractivity contribution >= 4 is 21.9 Å². The van der Waals surface area contributed by atoms with Gasteiger partial charge in [0.15, 0.2) is 0 Å².